The van der Waals surface area contributed by atoms with Crippen LogP contribution in [0.25, 0.3) is 0 Å². The maximum Gasteiger partial charge on any atom is 0.217 e. The molecule has 3 heteroatoms. The molecule has 1 aromatic carbocycles. The molecule has 1 aliphatic carbocycles. The SMILES string of the molecule is NCC1CCC(Cc2ccc(CCC(N)=O)cc2)CC1. The Bertz CT molecular complexity index is 419. The molecular weight excluding hydrogens is 248 g/mol. The van der Waals surface area contributed by atoms with Crippen LogP contribution in [-0.2, 0) is 17.6 Å². The molecule has 2 rings (SSSR count). The molecule has 0 radical (unpaired) electrons. The van der Waals surface area contributed by atoms with Crippen LogP contribution >= 0.6 is 0 Å². The monoisotopic (exact) mass is 274 g/mol. The standard InChI is InChI=1S/C17H26N2O/c18-12-16-7-5-15(6-8-16)11-14-3-1-13(2-4-14)9-10-17(19)20/h1-4,15-16H,5-12,18H2,(H2,19,20). The number of carbonyl (C=O) groups excluding carboxylic acids is 1. The van der Waals surface area contributed by atoms with E-state index in [1.54, 1.807) is 0 Å². The summed E-state index contributed by atoms with van der Waals surface area (Å²) in [6.45, 7) is 0.848. The van der Waals surface area contributed by atoms with E-state index in [4.69, 9.17) is 11.5 Å². The first-order valence-electron chi connectivity index (χ1n) is 7.73. The average Bonchev–Trinajstić information content (AvgIpc) is 2.47. The topological polar surface area (TPSA) is 69.1 Å². The second-order valence-corrected chi connectivity index (χ2v) is 6.11. The van der Waals surface area contributed by atoms with Crippen LogP contribution in [0, 0.1) is 11.8 Å². The Labute approximate surface area is 121 Å². The van der Waals surface area contributed by atoms with Crippen LogP contribution in [0.2, 0.25) is 0 Å². The molecule has 0 unspecified atom stereocenters. The van der Waals surface area contributed by atoms with Crippen molar-refractivity contribution in [3.63, 3.8) is 0 Å². The third-order valence-corrected chi connectivity index (χ3v) is 4.51. The molecule has 4 N–H and O–H groups in total. The van der Waals surface area contributed by atoms with Crippen molar-refractivity contribution in [2.24, 2.45) is 23.3 Å². The number of aryl methyl sites for hydroxylation is 1. The molecule has 1 amide bonds. The smallest absolute Gasteiger partial charge is 0.217 e. The minimum absolute atomic E-state index is 0.231. The van der Waals surface area contributed by atoms with Gasteiger partial charge in [0.05, 0.1) is 0 Å². The number of nitrogens with two attached hydrogens (primary N) is 2. The van der Waals surface area contributed by atoms with Crippen molar-refractivity contribution < 1.29 is 4.79 Å². The third kappa shape index (κ3) is 4.64. The number of amides is 1. The minimum Gasteiger partial charge on any atom is -0.370 e. The lowest BCUT2D eigenvalue weighted by Gasteiger charge is -2.27. The summed E-state index contributed by atoms with van der Waals surface area (Å²) < 4.78 is 0. The highest BCUT2D eigenvalue weighted by Gasteiger charge is 2.20. The zero-order chi connectivity index (χ0) is 14.4. The Balaban J connectivity index is 1.80. The number of rotatable bonds is 6. The Kier molecular flexibility index (Phi) is 5.60. The highest BCUT2D eigenvalue weighted by atomic mass is 16.1. The van der Waals surface area contributed by atoms with Crippen LogP contribution in [0.5, 0.6) is 0 Å². The van der Waals surface area contributed by atoms with E-state index in [1.807, 2.05) is 0 Å². The molecule has 0 aliphatic heterocycles. The minimum atomic E-state index is -0.231. The van der Waals surface area contributed by atoms with E-state index in [2.05, 4.69) is 24.3 Å². The zero-order valence-corrected chi connectivity index (χ0v) is 12.2. The summed E-state index contributed by atoms with van der Waals surface area (Å²) in [5.74, 6) is 1.34. The van der Waals surface area contributed by atoms with Gasteiger partial charge in [-0.2, -0.15) is 0 Å². The Morgan fingerprint density at radius 2 is 1.55 bits per heavy atom. The highest BCUT2D eigenvalue weighted by Crippen LogP contribution is 2.30. The number of hydrogen-bond acceptors (Lipinski definition) is 2. The summed E-state index contributed by atoms with van der Waals surface area (Å²) in [6.07, 6.45) is 7.55. The predicted molar refractivity (Wildman–Crippen MR) is 82.2 cm³/mol. The molecular formula is C17H26N2O. The largest absolute Gasteiger partial charge is 0.370 e. The van der Waals surface area contributed by atoms with Crippen molar-refractivity contribution in [3.8, 4) is 0 Å². The zero-order valence-electron chi connectivity index (χ0n) is 12.2. The Morgan fingerprint density at radius 3 is 2.10 bits per heavy atom. The second-order valence-electron chi connectivity index (χ2n) is 6.11. The van der Waals surface area contributed by atoms with Crippen molar-refractivity contribution in [3.05, 3.63) is 35.4 Å². The van der Waals surface area contributed by atoms with Crippen LogP contribution in [-0.4, -0.2) is 12.5 Å². The Morgan fingerprint density at radius 1 is 1.00 bits per heavy atom. The molecule has 1 aliphatic rings. The molecule has 20 heavy (non-hydrogen) atoms. The van der Waals surface area contributed by atoms with Gasteiger partial charge >= 0.3 is 0 Å². The quantitative estimate of drug-likeness (QED) is 0.836. The molecule has 1 saturated carbocycles. The van der Waals surface area contributed by atoms with Gasteiger partial charge in [-0.1, -0.05) is 24.3 Å². The summed E-state index contributed by atoms with van der Waals surface area (Å²) in [5, 5.41) is 0. The van der Waals surface area contributed by atoms with Gasteiger partial charge in [-0.25, -0.2) is 0 Å². The molecule has 110 valence electrons. The summed E-state index contributed by atoms with van der Waals surface area (Å²) in [5.41, 5.74) is 13.5. The van der Waals surface area contributed by atoms with Gasteiger partial charge in [-0.3, -0.25) is 4.79 Å². The first-order valence-corrected chi connectivity index (χ1v) is 7.73. The lowest BCUT2D eigenvalue weighted by Crippen LogP contribution is -2.22. The van der Waals surface area contributed by atoms with Gasteiger partial charge < -0.3 is 11.5 Å². The lowest BCUT2D eigenvalue weighted by atomic mass is 9.79. The van der Waals surface area contributed by atoms with E-state index in [9.17, 15) is 4.79 Å². The van der Waals surface area contributed by atoms with E-state index in [-0.39, 0.29) is 5.91 Å². The van der Waals surface area contributed by atoms with Crippen LogP contribution in [0.15, 0.2) is 24.3 Å². The van der Waals surface area contributed by atoms with E-state index in [0.717, 1.165) is 24.8 Å². The molecule has 1 aromatic rings. The van der Waals surface area contributed by atoms with Crippen LogP contribution in [0.3, 0.4) is 0 Å². The Hall–Kier alpha value is -1.35. The average molecular weight is 274 g/mol. The summed E-state index contributed by atoms with van der Waals surface area (Å²) in [7, 11) is 0. The third-order valence-electron chi connectivity index (χ3n) is 4.51. The molecule has 0 atom stereocenters. The van der Waals surface area contributed by atoms with Gasteiger partial charge in [0.25, 0.3) is 0 Å². The lowest BCUT2D eigenvalue weighted by molar-refractivity contribution is -0.117. The first-order chi connectivity index (χ1) is 9.67. The molecule has 0 aromatic heterocycles. The van der Waals surface area contributed by atoms with Gasteiger partial charge in [0.15, 0.2) is 0 Å². The molecule has 0 bridgehead atoms. The predicted octanol–water partition coefficient (Wildman–Crippen LogP) is 2.41. The highest BCUT2D eigenvalue weighted by molar-refractivity contribution is 5.73. The van der Waals surface area contributed by atoms with Crippen molar-refractivity contribution in [1.29, 1.82) is 0 Å². The van der Waals surface area contributed by atoms with Gasteiger partial charge in [0.1, 0.15) is 0 Å². The maximum absolute atomic E-state index is 10.8. The van der Waals surface area contributed by atoms with E-state index < -0.39 is 0 Å². The van der Waals surface area contributed by atoms with Gasteiger partial charge in [-0.15, -0.1) is 0 Å². The summed E-state index contributed by atoms with van der Waals surface area (Å²) >= 11 is 0. The fourth-order valence-electron chi connectivity index (χ4n) is 3.11. The molecule has 1 fully saturated rings. The van der Waals surface area contributed by atoms with Gasteiger partial charge in [0.2, 0.25) is 5.91 Å². The van der Waals surface area contributed by atoms with Gasteiger partial charge in [0, 0.05) is 6.42 Å². The molecule has 0 spiro atoms. The van der Waals surface area contributed by atoms with Crippen LogP contribution < -0.4 is 11.5 Å². The van der Waals surface area contributed by atoms with Crippen LogP contribution in [0.4, 0.5) is 0 Å². The molecule has 0 heterocycles. The fraction of sp³-hybridized carbons (Fsp3) is 0.588. The normalized spacial score (nSPS) is 22.6. The summed E-state index contributed by atoms with van der Waals surface area (Å²) in [4.78, 5) is 10.8. The van der Waals surface area contributed by atoms with Gasteiger partial charge in [-0.05, 0) is 68.0 Å². The summed E-state index contributed by atoms with van der Waals surface area (Å²) in [6, 6.07) is 8.66. The number of primary amides is 1. The first kappa shape index (κ1) is 15.0. The van der Waals surface area contributed by atoms with Crippen molar-refractivity contribution >= 4 is 5.91 Å². The van der Waals surface area contributed by atoms with E-state index in [1.165, 1.54) is 43.2 Å². The number of carbonyl (C=O) groups is 1. The van der Waals surface area contributed by atoms with Crippen LogP contribution in [0.1, 0.15) is 43.2 Å². The number of benzene rings is 1. The maximum atomic E-state index is 10.8. The van der Waals surface area contributed by atoms with Crippen molar-refractivity contribution in [1.82, 2.24) is 0 Å². The molecule has 0 saturated heterocycles. The van der Waals surface area contributed by atoms with E-state index >= 15 is 0 Å². The fourth-order valence-corrected chi connectivity index (χ4v) is 3.11. The van der Waals surface area contributed by atoms with Crippen molar-refractivity contribution in [2.75, 3.05) is 6.54 Å². The number of hydrogen-bond donors (Lipinski definition) is 2. The van der Waals surface area contributed by atoms with E-state index in [0.29, 0.717) is 6.42 Å². The van der Waals surface area contributed by atoms with Crippen molar-refractivity contribution in [2.45, 2.75) is 44.9 Å². The molecule has 3 nitrogen and oxygen atoms in total. The second kappa shape index (κ2) is 7.44.